The van der Waals surface area contributed by atoms with Gasteiger partial charge in [0.2, 0.25) is 0 Å². The van der Waals surface area contributed by atoms with Gasteiger partial charge in [-0.3, -0.25) is 0 Å². The van der Waals surface area contributed by atoms with E-state index in [0.29, 0.717) is 0 Å². The molecular formula is C44H50N2. The minimum Gasteiger partial charge on any atom is -0.310 e. The molecule has 236 valence electrons. The smallest absolute Gasteiger partial charge is 0.0529 e. The Morgan fingerprint density at radius 1 is 0.435 bits per heavy atom. The number of anilines is 6. The van der Waals surface area contributed by atoms with Gasteiger partial charge in [0, 0.05) is 28.7 Å². The number of benzene rings is 5. The average Bonchev–Trinajstić information content (AvgIpc) is 3.02. The molecule has 0 saturated heterocycles. The first-order valence-electron chi connectivity index (χ1n) is 16.8. The summed E-state index contributed by atoms with van der Waals surface area (Å²) in [6.07, 6.45) is 0. The van der Waals surface area contributed by atoms with E-state index in [1.54, 1.807) is 0 Å². The molecule has 2 bridgehead atoms. The molecule has 0 amide bonds. The summed E-state index contributed by atoms with van der Waals surface area (Å²) < 4.78 is 0. The Bertz CT molecular complexity index is 1740. The molecule has 2 aliphatic heterocycles. The predicted octanol–water partition coefficient (Wildman–Crippen LogP) is 12.9. The van der Waals surface area contributed by atoms with E-state index in [4.69, 9.17) is 0 Å². The Hall–Kier alpha value is -4.30. The molecule has 0 fully saturated rings. The molecule has 0 N–H and O–H groups in total. The predicted molar refractivity (Wildman–Crippen MR) is 200 cm³/mol. The summed E-state index contributed by atoms with van der Waals surface area (Å²) in [7, 11) is 0. The normalized spacial score (nSPS) is 13.8. The van der Waals surface area contributed by atoms with Crippen LogP contribution >= 0.6 is 0 Å². The van der Waals surface area contributed by atoms with Crippen molar-refractivity contribution in [1.82, 2.24) is 0 Å². The second-order valence-electron chi connectivity index (χ2n) is 15.5. The molecule has 0 radical (unpaired) electrons. The van der Waals surface area contributed by atoms with Gasteiger partial charge in [-0.15, -0.1) is 0 Å². The van der Waals surface area contributed by atoms with E-state index in [0.717, 1.165) is 11.4 Å². The van der Waals surface area contributed by atoms with Crippen LogP contribution in [0.3, 0.4) is 0 Å². The van der Waals surface area contributed by atoms with Crippen molar-refractivity contribution in [3.8, 4) is 0 Å². The third-order valence-electron chi connectivity index (χ3n) is 9.72. The molecule has 2 heterocycles. The van der Waals surface area contributed by atoms with Crippen LogP contribution in [0.25, 0.3) is 0 Å². The van der Waals surface area contributed by atoms with E-state index >= 15 is 0 Å². The van der Waals surface area contributed by atoms with Gasteiger partial charge < -0.3 is 9.80 Å². The van der Waals surface area contributed by atoms with Gasteiger partial charge in [0.25, 0.3) is 0 Å². The summed E-state index contributed by atoms with van der Waals surface area (Å²) in [4.78, 5) is 4.97. The molecule has 46 heavy (non-hydrogen) atoms. The molecule has 0 aliphatic carbocycles. The van der Waals surface area contributed by atoms with Crippen LogP contribution in [0.1, 0.15) is 98.9 Å². The summed E-state index contributed by atoms with van der Waals surface area (Å²) in [5.41, 5.74) is 17.8. The molecular weight excluding hydrogens is 556 g/mol. The Labute approximate surface area is 277 Å². The standard InChI is InChI=1S/C44H50N2/c1-28-12-16-35(17-13-28)45-37-20-22-38(23-21-37)46(36-18-14-29(2)15-19-36)42-31(4)25-34(44(9,10)11)27-40(42)32(5)39-26-33(43(6,7)8)24-30(3)41(39)45/h12-27,32H,1-11H3. The highest BCUT2D eigenvalue weighted by Crippen LogP contribution is 2.50. The first kappa shape index (κ1) is 31.7. The quantitative estimate of drug-likeness (QED) is 0.197. The molecule has 0 aromatic heterocycles. The van der Waals surface area contributed by atoms with Crippen molar-refractivity contribution in [3.63, 3.8) is 0 Å². The lowest BCUT2D eigenvalue weighted by Crippen LogP contribution is -2.20. The van der Waals surface area contributed by atoms with E-state index in [1.165, 1.54) is 67.3 Å². The number of hydrogen-bond acceptors (Lipinski definition) is 2. The van der Waals surface area contributed by atoms with Crippen LogP contribution in [-0.2, 0) is 10.8 Å². The van der Waals surface area contributed by atoms with Crippen molar-refractivity contribution in [2.75, 3.05) is 9.80 Å². The molecule has 2 heteroatoms. The maximum absolute atomic E-state index is 2.50. The zero-order valence-corrected chi connectivity index (χ0v) is 29.7. The van der Waals surface area contributed by atoms with Crippen molar-refractivity contribution < 1.29 is 0 Å². The van der Waals surface area contributed by atoms with Crippen molar-refractivity contribution >= 4 is 34.1 Å². The van der Waals surface area contributed by atoms with E-state index in [-0.39, 0.29) is 16.7 Å². The van der Waals surface area contributed by atoms with Crippen LogP contribution in [0.5, 0.6) is 0 Å². The zero-order valence-electron chi connectivity index (χ0n) is 29.7. The van der Waals surface area contributed by atoms with E-state index < -0.39 is 0 Å². The van der Waals surface area contributed by atoms with Crippen LogP contribution < -0.4 is 9.80 Å². The molecule has 2 aliphatic rings. The van der Waals surface area contributed by atoms with Gasteiger partial charge in [0.15, 0.2) is 0 Å². The van der Waals surface area contributed by atoms with Crippen molar-refractivity contribution in [3.05, 3.63) is 142 Å². The Morgan fingerprint density at radius 3 is 1.00 bits per heavy atom. The molecule has 0 atom stereocenters. The van der Waals surface area contributed by atoms with Gasteiger partial charge in [-0.25, -0.2) is 0 Å². The zero-order chi connectivity index (χ0) is 33.1. The highest BCUT2D eigenvalue weighted by atomic mass is 15.2. The van der Waals surface area contributed by atoms with Gasteiger partial charge in [-0.2, -0.15) is 0 Å². The van der Waals surface area contributed by atoms with Crippen LogP contribution in [-0.4, -0.2) is 0 Å². The van der Waals surface area contributed by atoms with E-state index in [1.807, 2.05) is 0 Å². The largest absolute Gasteiger partial charge is 0.310 e. The third kappa shape index (κ3) is 5.75. The van der Waals surface area contributed by atoms with Crippen molar-refractivity contribution in [2.24, 2.45) is 0 Å². The number of hydrogen-bond donors (Lipinski definition) is 0. The second-order valence-corrected chi connectivity index (χ2v) is 15.5. The fourth-order valence-electron chi connectivity index (χ4n) is 6.87. The minimum atomic E-state index is 0.0155. The highest BCUT2D eigenvalue weighted by molar-refractivity contribution is 5.87. The molecule has 7 rings (SSSR count). The summed E-state index contributed by atoms with van der Waals surface area (Å²) >= 11 is 0. The van der Waals surface area contributed by atoms with Crippen molar-refractivity contribution in [1.29, 1.82) is 0 Å². The second kappa shape index (κ2) is 11.5. The first-order valence-corrected chi connectivity index (χ1v) is 16.8. The number of rotatable bonds is 2. The minimum absolute atomic E-state index is 0.0155. The Kier molecular flexibility index (Phi) is 7.92. The van der Waals surface area contributed by atoms with Gasteiger partial charge >= 0.3 is 0 Å². The third-order valence-corrected chi connectivity index (χ3v) is 9.72. The number of fused-ring (bicyclic) bond motifs is 2. The van der Waals surface area contributed by atoms with Gasteiger partial charge in [-0.1, -0.05) is 108 Å². The van der Waals surface area contributed by atoms with Crippen molar-refractivity contribution in [2.45, 2.75) is 92.9 Å². The SMILES string of the molecule is Cc1ccc(N2c3ccc(cc3)N(c3ccc(C)cc3)c3c(C)cc(C(C)(C)C)cc3C(C)c3cc(C(C)(C)C)cc(C)c32)cc1. The summed E-state index contributed by atoms with van der Waals surface area (Å²) in [6, 6.07) is 37.0. The van der Waals surface area contributed by atoms with Gasteiger partial charge in [-0.05, 0) is 120 Å². The van der Waals surface area contributed by atoms with Gasteiger partial charge in [0.1, 0.15) is 0 Å². The maximum Gasteiger partial charge on any atom is 0.0529 e. The molecule has 5 aromatic carbocycles. The Morgan fingerprint density at radius 2 is 0.717 bits per heavy atom. The highest BCUT2D eigenvalue weighted by Gasteiger charge is 2.31. The Balaban J connectivity index is 1.77. The lowest BCUT2D eigenvalue weighted by molar-refractivity contribution is 0.587. The maximum atomic E-state index is 2.50. The average molecular weight is 607 g/mol. The number of nitrogens with zero attached hydrogens (tertiary/aromatic N) is 2. The fourth-order valence-corrected chi connectivity index (χ4v) is 6.87. The molecule has 0 saturated carbocycles. The van der Waals surface area contributed by atoms with Crippen LogP contribution in [0.4, 0.5) is 34.1 Å². The summed E-state index contributed by atoms with van der Waals surface area (Å²) in [5, 5.41) is 0. The molecule has 5 aromatic rings. The molecule has 2 nitrogen and oxygen atoms in total. The summed E-state index contributed by atoms with van der Waals surface area (Å²) in [6.45, 7) is 25.3. The number of aryl methyl sites for hydroxylation is 4. The fraction of sp³-hybridized carbons (Fsp3) is 0.318. The molecule has 0 unspecified atom stereocenters. The summed E-state index contributed by atoms with van der Waals surface area (Å²) in [5.74, 6) is 0.117. The van der Waals surface area contributed by atoms with Crippen LogP contribution in [0, 0.1) is 27.7 Å². The van der Waals surface area contributed by atoms with Gasteiger partial charge in [0.05, 0.1) is 11.4 Å². The van der Waals surface area contributed by atoms with Crippen LogP contribution in [0.2, 0.25) is 0 Å². The monoisotopic (exact) mass is 606 g/mol. The lowest BCUT2D eigenvalue weighted by Gasteiger charge is -2.35. The topological polar surface area (TPSA) is 6.48 Å². The molecule has 0 spiro atoms. The van der Waals surface area contributed by atoms with E-state index in [2.05, 4.69) is 183 Å². The van der Waals surface area contributed by atoms with E-state index in [9.17, 15) is 0 Å². The van der Waals surface area contributed by atoms with Crippen LogP contribution in [0.15, 0.2) is 97.1 Å². The lowest BCUT2D eigenvalue weighted by atomic mass is 9.78. The first-order chi connectivity index (χ1) is 21.6.